The number of anilines is 1. The molecule has 2 rings (SSSR count). The molecule has 1 amide bonds. The van der Waals surface area contributed by atoms with Crippen LogP contribution in [0.5, 0.6) is 0 Å². The zero-order valence-electron chi connectivity index (χ0n) is 14.2. The second kappa shape index (κ2) is 6.63. The fourth-order valence-corrected chi connectivity index (χ4v) is 2.17. The molecule has 0 aliphatic heterocycles. The van der Waals surface area contributed by atoms with Crippen molar-refractivity contribution in [3.63, 3.8) is 0 Å². The highest BCUT2D eigenvalue weighted by molar-refractivity contribution is 6.06. The van der Waals surface area contributed by atoms with E-state index in [0.29, 0.717) is 5.76 Å². The van der Waals surface area contributed by atoms with E-state index < -0.39 is 5.91 Å². The van der Waals surface area contributed by atoms with Gasteiger partial charge in [-0.1, -0.05) is 45.0 Å². The van der Waals surface area contributed by atoms with E-state index >= 15 is 0 Å². The molecule has 5 nitrogen and oxygen atoms in total. The molecule has 1 aromatic heterocycles. The van der Waals surface area contributed by atoms with Crippen LogP contribution < -0.4 is 5.32 Å². The summed E-state index contributed by atoms with van der Waals surface area (Å²) in [4.78, 5) is 11.9. The maximum absolute atomic E-state index is 11.9. The van der Waals surface area contributed by atoms with Gasteiger partial charge in [-0.25, -0.2) is 0 Å². The first-order valence-corrected chi connectivity index (χ1v) is 7.54. The summed E-state index contributed by atoms with van der Waals surface area (Å²) in [6.45, 7) is 7.71. The summed E-state index contributed by atoms with van der Waals surface area (Å²) in [6, 6.07) is 13.0. The Balaban J connectivity index is 2.18. The highest BCUT2D eigenvalue weighted by atomic mass is 16.4. The van der Waals surface area contributed by atoms with E-state index in [2.05, 4.69) is 26.1 Å². The molecule has 0 bridgehead atoms. The van der Waals surface area contributed by atoms with Crippen LogP contribution in [0, 0.1) is 11.3 Å². The van der Waals surface area contributed by atoms with E-state index in [0.717, 1.165) is 5.56 Å². The third-order valence-electron chi connectivity index (χ3n) is 3.58. The van der Waals surface area contributed by atoms with Crippen molar-refractivity contribution in [3.05, 3.63) is 53.3 Å². The first kappa shape index (κ1) is 17.4. The number of carbonyl (C=O) groups excluding carboxylic acids is 1. The number of furan rings is 1. The second-order valence-electron chi connectivity index (χ2n) is 6.52. The molecule has 0 fully saturated rings. The number of hydrogen-bond acceptors (Lipinski definition) is 4. The summed E-state index contributed by atoms with van der Waals surface area (Å²) < 4.78 is 5.59. The van der Waals surface area contributed by atoms with Gasteiger partial charge in [-0.2, -0.15) is 5.26 Å². The zero-order chi connectivity index (χ0) is 17.9. The lowest BCUT2D eigenvalue weighted by molar-refractivity contribution is -0.112. The molecule has 2 aromatic rings. The van der Waals surface area contributed by atoms with Crippen LogP contribution in [-0.2, 0) is 10.2 Å². The summed E-state index contributed by atoms with van der Waals surface area (Å²) in [6.07, 6.45) is 0. The van der Waals surface area contributed by atoms with Crippen molar-refractivity contribution < 1.29 is 14.3 Å². The molecule has 1 aromatic carbocycles. The molecule has 0 atom stereocenters. The molecule has 0 radical (unpaired) electrons. The first-order chi connectivity index (χ1) is 11.2. The number of hydrogen-bond donors (Lipinski definition) is 2. The number of benzene rings is 1. The van der Waals surface area contributed by atoms with E-state index in [4.69, 9.17) is 9.68 Å². The third kappa shape index (κ3) is 3.85. The Labute approximate surface area is 141 Å². The fraction of sp³-hybridized carbons (Fsp3) is 0.263. The minimum absolute atomic E-state index is 0.0724. The van der Waals surface area contributed by atoms with Crippen molar-refractivity contribution in [1.29, 1.82) is 5.26 Å². The molecule has 124 valence electrons. The van der Waals surface area contributed by atoms with Gasteiger partial charge in [-0.3, -0.25) is 10.1 Å². The smallest absolute Gasteiger partial charge is 0.272 e. The molecule has 0 aliphatic rings. The Morgan fingerprint density at radius 1 is 1.17 bits per heavy atom. The predicted octanol–water partition coefficient (Wildman–Crippen LogP) is 4.54. The highest BCUT2D eigenvalue weighted by Crippen LogP contribution is 2.28. The molecule has 2 N–H and O–H groups in total. The average molecular weight is 324 g/mol. The van der Waals surface area contributed by atoms with Crippen molar-refractivity contribution >= 4 is 11.8 Å². The van der Waals surface area contributed by atoms with Gasteiger partial charge in [-0.05, 0) is 24.0 Å². The number of amides is 1. The van der Waals surface area contributed by atoms with Crippen LogP contribution in [0.25, 0.3) is 11.3 Å². The van der Waals surface area contributed by atoms with Gasteiger partial charge in [0.05, 0.1) is 0 Å². The molecule has 0 saturated heterocycles. The fourth-order valence-electron chi connectivity index (χ4n) is 2.17. The Bertz CT molecular complexity index is 812. The molecule has 0 saturated carbocycles. The molecule has 24 heavy (non-hydrogen) atoms. The summed E-state index contributed by atoms with van der Waals surface area (Å²) in [7, 11) is 0. The van der Waals surface area contributed by atoms with Gasteiger partial charge in [0.1, 0.15) is 17.6 Å². The van der Waals surface area contributed by atoms with Gasteiger partial charge in [0.25, 0.3) is 5.91 Å². The minimum atomic E-state index is -0.707. The predicted molar refractivity (Wildman–Crippen MR) is 92.4 cm³/mol. The van der Waals surface area contributed by atoms with Crippen LogP contribution in [0.4, 0.5) is 5.88 Å². The largest absolute Gasteiger partial charge is 0.511 e. The first-order valence-electron chi connectivity index (χ1n) is 7.54. The second-order valence-corrected chi connectivity index (χ2v) is 6.52. The molecular formula is C19H20N2O3. The van der Waals surface area contributed by atoms with Gasteiger partial charge in [0, 0.05) is 11.6 Å². The number of aliphatic hydroxyl groups is 1. The molecule has 0 spiro atoms. The molecule has 0 unspecified atom stereocenters. The summed E-state index contributed by atoms with van der Waals surface area (Å²) >= 11 is 0. The van der Waals surface area contributed by atoms with Crippen LogP contribution in [0.1, 0.15) is 33.3 Å². The minimum Gasteiger partial charge on any atom is -0.511 e. The van der Waals surface area contributed by atoms with Crippen LogP contribution in [0.3, 0.4) is 0 Å². The molecule has 0 aliphatic carbocycles. The quantitative estimate of drug-likeness (QED) is 0.493. The average Bonchev–Trinajstić information content (AvgIpc) is 2.95. The lowest BCUT2D eigenvalue weighted by Crippen LogP contribution is -2.14. The maximum Gasteiger partial charge on any atom is 0.272 e. The van der Waals surface area contributed by atoms with E-state index in [9.17, 15) is 9.90 Å². The standard InChI is InChI=1S/C19H20N2O3/c1-12(22)15(11-20)18(23)21-17-10-9-16(24-17)13-5-7-14(8-6-13)19(2,3)4/h5-10,22H,1-4H3,(H,21,23)/b15-12+. The number of nitrogens with zero attached hydrogens (tertiary/aromatic N) is 1. The van der Waals surface area contributed by atoms with E-state index in [1.54, 1.807) is 18.2 Å². The van der Waals surface area contributed by atoms with Gasteiger partial charge >= 0.3 is 0 Å². The Morgan fingerprint density at radius 3 is 2.29 bits per heavy atom. The van der Waals surface area contributed by atoms with Crippen molar-refractivity contribution in [1.82, 2.24) is 0 Å². The Morgan fingerprint density at radius 2 is 1.79 bits per heavy atom. The van der Waals surface area contributed by atoms with Crippen LogP contribution in [0.15, 0.2) is 52.1 Å². The third-order valence-corrected chi connectivity index (χ3v) is 3.58. The van der Waals surface area contributed by atoms with Gasteiger partial charge in [-0.15, -0.1) is 0 Å². The van der Waals surface area contributed by atoms with Crippen molar-refractivity contribution in [3.8, 4) is 17.4 Å². The topological polar surface area (TPSA) is 86.3 Å². The maximum atomic E-state index is 11.9. The Hall–Kier alpha value is -3.00. The van der Waals surface area contributed by atoms with Gasteiger partial charge < -0.3 is 9.52 Å². The van der Waals surface area contributed by atoms with Crippen LogP contribution in [0.2, 0.25) is 0 Å². The monoisotopic (exact) mass is 324 g/mol. The number of nitrogens with one attached hydrogen (secondary N) is 1. The lowest BCUT2D eigenvalue weighted by Gasteiger charge is -2.18. The number of aliphatic hydroxyl groups excluding tert-OH is 1. The lowest BCUT2D eigenvalue weighted by atomic mass is 9.86. The van der Waals surface area contributed by atoms with E-state index in [1.807, 2.05) is 24.3 Å². The van der Waals surface area contributed by atoms with Gasteiger partial charge in [0.15, 0.2) is 11.5 Å². The SMILES string of the molecule is C/C(O)=C(/C#N)C(=O)Nc1ccc(-c2ccc(C(C)(C)C)cc2)o1. The van der Waals surface area contributed by atoms with Gasteiger partial charge in [0.2, 0.25) is 0 Å². The number of allylic oxidation sites excluding steroid dienone is 1. The molecule has 1 heterocycles. The van der Waals surface area contributed by atoms with Crippen molar-refractivity contribution in [2.24, 2.45) is 0 Å². The van der Waals surface area contributed by atoms with E-state index in [1.165, 1.54) is 12.5 Å². The number of nitriles is 1. The number of rotatable bonds is 3. The summed E-state index contributed by atoms with van der Waals surface area (Å²) in [5.74, 6) is -0.223. The highest BCUT2D eigenvalue weighted by Gasteiger charge is 2.16. The van der Waals surface area contributed by atoms with Crippen molar-refractivity contribution in [2.45, 2.75) is 33.1 Å². The zero-order valence-corrected chi connectivity index (χ0v) is 14.2. The Kier molecular flexibility index (Phi) is 4.79. The van der Waals surface area contributed by atoms with Crippen LogP contribution >= 0.6 is 0 Å². The van der Waals surface area contributed by atoms with Crippen LogP contribution in [-0.4, -0.2) is 11.0 Å². The molecule has 5 heteroatoms. The normalized spacial score (nSPS) is 12.3. The molecular weight excluding hydrogens is 304 g/mol. The summed E-state index contributed by atoms with van der Waals surface area (Å²) in [5, 5.41) is 20.6. The van der Waals surface area contributed by atoms with Crippen molar-refractivity contribution in [2.75, 3.05) is 5.32 Å². The number of carbonyl (C=O) groups is 1. The van der Waals surface area contributed by atoms with E-state index in [-0.39, 0.29) is 22.6 Å². The summed E-state index contributed by atoms with van der Waals surface area (Å²) in [5.41, 5.74) is 1.83.